The molecule has 1 aliphatic heterocycles. The molecule has 0 aromatic heterocycles. The molecular weight excluding hydrogens is 396 g/mol. The molecule has 1 heterocycles. The summed E-state index contributed by atoms with van der Waals surface area (Å²) in [7, 11) is 0. The number of nitrogens with zero attached hydrogens (tertiary/aromatic N) is 1. The monoisotopic (exact) mass is 404 g/mol. The number of amidine groups is 1. The molecule has 0 radical (unpaired) electrons. The highest BCUT2D eigenvalue weighted by Crippen LogP contribution is 2.36. The second-order valence-corrected chi connectivity index (χ2v) is 6.38. The molecule has 1 aromatic carbocycles. The summed E-state index contributed by atoms with van der Waals surface area (Å²) in [5.41, 5.74) is 6.37. The normalized spacial score (nSPS) is 16.9. The van der Waals surface area contributed by atoms with Gasteiger partial charge in [0.05, 0.1) is 20.5 Å². The Morgan fingerprint density at radius 1 is 1.42 bits per heavy atom. The van der Waals surface area contributed by atoms with Gasteiger partial charge in [0.25, 0.3) is 5.91 Å². The topological polar surface area (TPSA) is 64.7 Å². The van der Waals surface area contributed by atoms with Gasteiger partial charge >= 0.3 is 0 Å². The number of benzene rings is 1. The molecule has 100 valence electrons. The average molecular weight is 406 g/mol. The van der Waals surface area contributed by atoms with Crippen molar-refractivity contribution >= 4 is 60.8 Å². The lowest BCUT2D eigenvalue weighted by atomic mass is 10.2. The summed E-state index contributed by atoms with van der Waals surface area (Å²) in [6.07, 6.45) is 1.75. The van der Waals surface area contributed by atoms with Crippen molar-refractivity contribution in [3.05, 3.63) is 31.5 Å². The minimum atomic E-state index is -0.302. The van der Waals surface area contributed by atoms with Crippen LogP contribution in [0.15, 0.2) is 31.0 Å². The molecule has 0 atom stereocenters. The molecule has 1 aromatic rings. The zero-order valence-corrected chi connectivity index (χ0v) is 13.9. The summed E-state index contributed by atoms with van der Waals surface area (Å²) in [6.45, 7) is 2.50. The Morgan fingerprint density at radius 2 is 2.05 bits per heavy atom. The summed E-state index contributed by atoms with van der Waals surface area (Å²) < 4.78 is 7.14. The van der Waals surface area contributed by atoms with Gasteiger partial charge in [-0.05, 0) is 74.3 Å². The molecule has 0 unspecified atom stereocenters. The lowest BCUT2D eigenvalue weighted by Gasteiger charge is -2.09. The van der Waals surface area contributed by atoms with Gasteiger partial charge < -0.3 is 10.5 Å². The van der Waals surface area contributed by atoms with E-state index in [-0.39, 0.29) is 11.1 Å². The number of hydrogen-bond donors (Lipinski definition) is 1. The summed E-state index contributed by atoms with van der Waals surface area (Å²) in [4.78, 5) is 15.7. The van der Waals surface area contributed by atoms with Gasteiger partial charge in [0, 0.05) is 0 Å². The summed E-state index contributed by atoms with van der Waals surface area (Å²) in [5.74, 6) is 0.439. The van der Waals surface area contributed by atoms with E-state index in [1.165, 1.54) is 11.8 Å². The minimum absolute atomic E-state index is 0.278. The average Bonchev–Trinajstić information content (AvgIpc) is 2.62. The van der Waals surface area contributed by atoms with Gasteiger partial charge in [-0.3, -0.25) is 4.79 Å². The van der Waals surface area contributed by atoms with E-state index in [9.17, 15) is 4.79 Å². The van der Waals surface area contributed by atoms with E-state index in [1.54, 1.807) is 6.08 Å². The number of aliphatic imine (C=N–C) groups is 1. The van der Waals surface area contributed by atoms with Gasteiger partial charge in [0.15, 0.2) is 5.17 Å². The second-order valence-electron chi connectivity index (χ2n) is 3.61. The van der Waals surface area contributed by atoms with Crippen LogP contribution in [-0.2, 0) is 4.79 Å². The maximum absolute atomic E-state index is 11.5. The number of ether oxygens (including phenoxy) is 1. The van der Waals surface area contributed by atoms with Crippen LogP contribution in [0.5, 0.6) is 5.75 Å². The molecule has 7 heteroatoms. The molecule has 0 saturated heterocycles. The van der Waals surface area contributed by atoms with E-state index < -0.39 is 0 Å². The number of thioether (sulfide) groups is 1. The van der Waals surface area contributed by atoms with Gasteiger partial charge in [0.2, 0.25) is 0 Å². The first-order valence-corrected chi connectivity index (χ1v) is 7.81. The zero-order chi connectivity index (χ0) is 14.0. The lowest BCUT2D eigenvalue weighted by Crippen LogP contribution is -2.01. The first-order valence-electron chi connectivity index (χ1n) is 5.41. The summed E-state index contributed by atoms with van der Waals surface area (Å²) in [5, 5.41) is 0.278. The van der Waals surface area contributed by atoms with Crippen molar-refractivity contribution in [2.45, 2.75) is 6.92 Å². The molecule has 2 rings (SSSR count). The van der Waals surface area contributed by atoms with Crippen LogP contribution in [0.4, 0.5) is 0 Å². The zero-order valence-electron chi connectivity index (χ0n) is 9.94. The van der Waals surface area contributed by atoms with E-state index in [0.717, 1.165) is 20.3 Å². The molecule has 0 aliphatic carbocycles. The molecule has 0 saturated carbocycles. The first kappa shape index (κ1) is 14.6. The quantitative estimate of drug-likeness (QED) is 0.781. The number of halogens is 2. The number of nitrogens with two attached hydrogens (primary N) is 1. The number of hydrogen-bond acceptors (Lipinski definition) is 4. The van der Waals surface area contributed by atoms with Crippen LogP contribution < -0.4 is 10.5 Å². The summed E-state index contributed by atoms with van der Waals surface area (Å²) >= 11 is 8.06. The third-order valence-corrected chi connectivity index (χ3v) is 4.23. The largest absolute Gasteiger partial charge is 0.492 e. The Balaban J connectivity index is 2.33. The van der Waals surface area contributed by atoms with Crippen LogP contribution in [0, 0.1) is 0 Å². The van der Waals surface area contributed by atoms with Crippen LogP contribution in [-0.4, -0.2) is 17.7 Å². The minimum Gasteiger partial charge on any atom is -0.492 e. The molecule has 1 amide bonds. The molecule has 0 fully saturated rings. The fraction of sp³-hybridized carbons (Fsp3) is 0.167. The van der Waals surface area contributed by atoms with Crippen molar-refractivity contribution in [1.82, 2.24) is 0 Å². The second kappa shape index (κ2) is 6.11. The maximum Gasteiger partial charge on any atom is 0.286 e. The van der Waals surface area contributed by atoms with E-state index in [0.29, 0.717) is 11.5 Å². The van der Waals surface area contributed by atoms with Crippen molar-refractivity contribution in [1.29, 1.82) is 0 Å². The smallest absolute Gasteiger partial charge is 0.286 e. The highest BCUT2D eigenvalue weighted by Gasteiger charge is 2.19. The van der Waals surface area contributed by atoms with Crippen LogP contribution in [0.3, 0.4) is 0 Å². The molecular formula is C12H10Br2N2O2S. The van der Waals surface area contributed by atoms with Gasteiger partial charge in [0.1, 0.15) is 5.75 Å². The predicted molar refractivity (Wildman–Crippen MR) is 85.2 cm³/mol. The van der Waals surface area contributed by atoms with Crippen molar-refractivity contribution in [2.75, 3.05) is 6.61 Å². The fourth-order valence-corrected chi connectivity index (χ4v) is 3.65. The molecule has 0 bridgehead atoms. The standard InChI is InChI=1S/C12H10Br2N2O2S/c1-2-18-10-7(13)3-6(4-8(10)14)5-9-11(17)16-12(15)19-9/h3-5H,2H2,1H3,(H2,15,16,17)/b9-5-. The highest BCUT2D eigenvalue weighted by atomic mass is 79.9. The van der Waals surface area contributed by atoms with E-state index in [2.05, 4.69) is 36.9 Å². The van der Waals surface area contributed by atoms with Gasteiger partial charge in [-0.2, -0.15) is 4.99 Å². The number of carbonyl (C=O) groups is 1. The third kappa shape index (κ3) is 3.40. The van der Waals surface area contributed by atoms with Crippen LogP contribution in [0.1, 0.15) is 12.5 Å². The van der Waals surface area contributed by atoms with Gasteiger partial charge in [-0.25, -0.2) is 0 Å². The van der Waals surface area contributed by atoms with Crippen LogP contribution >= 0.6 is 43.6 Å². The van der Waals surface area contributed by atoms with Crippen LogP contribution in [0.2, 0.25) is 0 Å². The SMILES string of the molecule is CCOc1c(Br)cc(/C=C2\SC(N)=NC2=O)cc1Br. The number of amides is 1. The maximum atomic E-state index is 11.5. The third-order valence-electron chi connectivity index (χ3n) is 2.24. The van der Waals surface area contributed by atoms with E-state index in [1.807, 2.05) is 19.1 Å². The Labute approximate surface area is 131 Å². The van der Waals surface area contributed by atoms with E-state index >= 15 is 0 Å². The van der Waals surface area contributed by atoms with Crippen molar-refractivity contribution in [3.63, 3.8) is 0 Å². The fourth-order valence-electron chi connectivity index (χ4n) is 1.52. The Bertz CT molecular complexity index is 576. The summed E-state index contributed by atoms with van der Waals surface area (Å²) in [6, 6.07) is 3.76. The van der Waals surface area contributed by atoms with Gasteiger partial charge in [-0.15, -0.1) is 0 Å². The Kier molecular flexibility index (Phi) is 4.70. The molecule has 19 heavy (non-hydrogen) atoms. The lowest BCUT2D eigenvalue weighted by molar-refractivity contribution is -0.113. The number of rotatable bonds is 3. The van der Waals surface area contributed by atoms with Crippen molar-refractivity contribution < 1.29 is 9.53 Å². The first-order chi connectivity index (χ1) is 9.01. The molecule has 1 aliphatic rings. The molecule has 0 spiro atoms. The van der Waals surface area contributed by atoms with Crippen LogP contribution in [0.25, 0.3) is 6.08 Å². The van der Waals surface area contributed by atoms with Crippen molar-refractivity contribution in [3.8, 4) is 5.75 Å². The molecule has 2 N–H and O–H groups in total. The highest BCUT2D eigenvalue weighted by molar-refractivity contribution is 9.11. The van der Waals surface area contributed by atoms with E-state index in [4.69, 9.17) is 10.5 Å². The predicted octanol–water partition coefficient (Wildman–Crippen LogP) is 3.54. The Hall–Kier alpha value is -0.790. The van der Waals surface area contributed by atoms with Crippen molar-refractivity contribution in [2.24, 2.45) is 10.7 Å². The van der Waals surface area contributed by atoms with Gasteiger partial charge in [-0.1, -0.05) is 0 Å². The number of carbonyl (C=O) groups excluding carboxylic acids is 1. The molecule has 4 nitrogen and oxygen atoms in total. The Morgan fingerprint density at radius 3 is 2.53 bits per heavy atom.